The number of nitrogens with zero attached hydrogens (tertiary/aromatic N) is 1. The zero-order valence-electron chi connectivity index (χ0n) is 17.1. The lowest BCUT2D eigenvalue weighted by molar-refractivity contribution is 0.242. The number of aryl methyl sites for hydroxylation is 1. The Kier molecular flexibility index (Phi) is 6.73. The monoisotopic (exact) mass is 392 g/mol. The van der Waals surface area contributed by atoms with Crippen LogP contribution in [0.5, 0.6) is 11.5 Å². The van der Waals surface area contributed by atoms with Gasteiger partial charge in [-0.3, -0.25) is 0 Å². The first-order valence-corrected chi connectivity index (χ1v) is 9.90. The molecule has 3 aromatic rings. The van der Waals surface area contributed by atoms with Crippen LogP contribution in [0.1, 0.15) is 25.8 Å². The average Bonchev–Trinajstić information content (AvgIpc) is 2.70. The number of hydrogen-bond donors (Lipinski definition) is 3. The van der Waals surface area contributed by atoms with E-state index >= 15 is 0 Å². The van der Waals surface area contributed by atoms with Crippen molar-refractivity contribution in [3.63, 3.8) is 0 Å². The minimum absolute atomic E-state index is 0.121. The van der Waals surface area contributed by atoms with E-state index in [9.17, 15) is 5.11 Å². The lowest BCUT2D eigenvalue weighted by Crippen LogP contribution is -2.06. The maximum Gasteiger partial charge on any atom is 0.127 e. The number of aliphatic hydroxyl groups excluding tert-OH is 1. The van der Waals surface area contributed by atoms with E-state index in [1.807, 2.05) is 69.3 Å². The fourth-order valence-electron chi connectivity index (χ4n) is 3.07. The minimum Gasteiger partial charge on any atom is -0.507 e. The average molecular weight is 392 g/mol. The first-order chi connectivity index (χ1) is 14.0. The van der Waals surface area contributed by atoms with Crippen LogP contribution in [-0.2, 0) is 0 Å². The SMILES string of the molecule is Cc1ccc(O)c(-c2cc(-c3ccc(OC(C)C)cc3)cc(NCCCO)n2)c1. The number of benzene rings is 2. The molecule has 1 aromatic heterocycles. The number of ether oxygens (including phenoxy) is 1. The van der Waals surface area contributed by atoms with Crippen LogP contribution in [0.25, 0.3) is 22.4 Å². The van der Waals surface area contributed by atoms with Crippen LogP contribution in [0, 0.1) is 6.92 Å². The Balaban J connectivity index is 2.01. The first-order valence-electron chi connectivity index (χ1n) is 9.90. The van der Waals surface area contributed by atoms with Gasteiger partial charge in [-0.15, -0.1) is 0 Å². The topological polar surface area (TPSA) is 74.6 Å². The number of phenols is 1. The molecule has 0 aliphatic rings. The van der Waals surface area contributed by atoms with Crippen LogP contribution in [0.15, 0.2) is 54.6 Å². The molecule has 0 unspecified atom stereocenters. The summed E-state index contributed by atoms with van der Waals surface area (Å²) in [5.41, 5.74) is 4.45. The van der Waals surface area contributed by atoms with Crippen LogP contribution in [0.4, 0.5) is 5.82 Å². The third kappa shape index (κ3) is 5.48. The Hall–Kier alpha value is -3.05. The molecule has 3 N–H and O–H groups in total. The molecule has 3 rings (SSSR count). The van der Waals surface area contributed by atoms with E-state index < -0.39 is 0 Å². The van der Waals surface area contributed by atoms with E-state index in [1.165, 1.54) is 0 Å². The van der Waals surface area contributed by atoms with Gasteiger partial charge in [-0.25, -0.2) is 4.98 Å². The van der Waals surface area contributed by atoms with Crippen LogP contribution < -0.4 is 10.1 Å². The van der Waals surface area contributed by atoms with E-state index in [4.69, 9.17) is 9.84 Å². The van der Waals surface area contributed by atoms with Crippen molar-refractivity contribution < 1.29 is 14.9 Å². The van der Waals surface area contributed by atoms with Crippen LogP contribution in [0.3, 0.4) is 0 Å². The van der Waals surface area contributed by atoms with Gasteiger partial charge in [0.25, 0.3) is 0 Å². The van der Waals surface area contributed by atoms with Gasteiger partial charge < -0.3 is 20.3 Å². The summed E-state index contributed by atoms with van der Waals surface area (Å²) in [6.07, 6.45) is 0.762. The standard InChI is InChI=1S/C24H28N2O3/c1-16(2)29-20-8-6-18(7-9-20)19-14-22(21-13-17(3)5-10-23(21)28)26-24(15-19)25-11-4-12-27/h5-10,13-16,27-28H,4,11-12H2,1-3H3,(H,25,26). The maximum atomic E-state index is 10.4. The molecule has 0 atom stereocenters. The molecule has 5 heteroatoms. The maximum absolute atomic E-state index is 10.4. The summed E-state index contributed by atoms with van der Waals surface area (Å²) in [4.78, 5) is 4.68. The lowest BCUT2D eigenvalue weighted by atomic mass is 10.0. The van der Waals surface area contributed by atoms with Gasteiger partial charge in [0.15, 0.2) is 0 Å². The molecule has 1 heterocycles. The highest BCUT2D eigenvalue weighted by Crippen LogP contribution is 2.33. The van der Waals surface area contributed by atoms with Crippen molar-refractivity contribution in [3.05, 3.63) is 60.2 Å². The van der Waals surface area contributed by atoms with Crippen LogP contribution >= 0.6 is 0 Å². The predicted molar refractivity (Wildman–Crippen MR) is 117 cm³/mol. The van der Waals surface area contributed by atoms with Gasteiger partial charge in [-0.05, 0) is 74.7 Å². The summed E-state index contributed by atoms with van der Waals surface area (Å²) >= 11 is 0. The Morgan fingerprint density at radius 3 is 2.45 bits per heavy atom. The minimum atomic E-state index is 0.121. The molecule has 2 aromatic carbocycles. The molecule has 0 aliphatic heterocycles. The molecule has 0 radical (unpaired) electrons. The quantitative estimate of drug-likeness (QED) is 0.470. The number of aromatic hydroxyl groups is 1. The summed E-state index contributed by atoms with van der Waals surface area (Å²) < 4.78 is 5.73. The number of phenolic OH excluding ortho intramolecular Hbond substituents is 1. The van der Waals surface area contributed by atoms with E-state index in [0.717, 1.165) is 22.4 Å². The van der Waals surface area contributed by atoms with E-state index in [0.29, 0.717) is 30.0 Å². The molecule has 0 amide bonds. The van der Waals surface area contributed by atoms with E-state index in [2.05, 4.69) is 10.3 Å². The van der Waals surface area contributed by atoms with Gasteiger partial charge in [-0.1, -0.05) is 23.8 Å². The largest absolute Gasteiger partial charge is 0.507 e. The number of aromatic nitrogens is 1. The molecule has 152 valence electrons. The Morgan fingerprint density at radius 2 is 1.76 bits per heavy atom. The molecule has 0 saturated heterocycles. The lowest BCUT2D eigenvalue weighted by Gasteiger charge is -2.13. The molecular formula is C24H28N2O3. The van der Waals surface area contributed by atoms with Crippen molar-refractivity contribution in [1.29, 1.82) is 0 Å². The second kappa shape index (κ2) is 9.43. The third-order valence-corrected chi connectivity index (χ3v) is 4.45. The number of rotatable bonds is 8. The summed E-state index contributed by atoms with van der Waals surface area (Å²) in [6.45, 7) is 6.73. The summed E-state index contributed by atoms with van der Waals surface area (Å²) in [7, 11) is 0. The molecule has 0 spiro atoms. The molecule has 0 saturated carbocycles. The Bertz CT molecular complexity index is 953. The van der Waals surface area contributed by atoms with Gasteiger partial charge in [0.05, 0.1) is 11.8 Å². The van der Waals surface area contributed by atoms with Crippen molar-refractivity contribution in [1.82, 2.24) is 4.98 Å². The Morgan fingerprint density at radius 1 is 1.00 bits per heavy atom. The van der Waals surface area contributed by atoms with Gasteiger partial charge >= 0.3 is 0 Å². The molecular weight excluding hydrogens is 364 g/mol. The Labute approximate surface area is 172 Å². The van der Waals surface area contributed by atoms with E-state index in [1.54, 1.807) is 6.07 Å². The van der Waals surface area contributed by atoms with Crippen LogP contribution in [0.2, 0.25) is 0 Å². The zero-order valence-corrected chi connectivity index (χ0v) is 17.1. The van der Waals surface area contributed by atoms with Crippen LogP contribution in [-0.4, -0.2) is 34.5 Å². The van der Waals surface area contributed by atoms with E-state index in [-0.39, 0.29) is 18.5 Å². The first kappa shape index (κ1) is 20.7. The number of pyridine rings is 1. The second-order valence-corrected chi connectivity index (χ2v) is 7.34. The fourth-order valence-corrected chi connectivity index (χ4v) is 3.07. The molecule has 0 aliphatic carbocycles. The highest BCUT2D eigenvalue weighted by molar-refractivity contribution is 5.76. The van der Waals surface area contributed by atoms with Crippen molar-refractivity contribution >= 4 is 5.82 Å². The summed E-state index contributed by atoms with van der Waals surface area (Å²) in [6, 6.07) is 17.4. The number of aliphatic hydroxyl groups is 1. The third-order valence-electron chi connectivity index (χ3n) is 4.45. The van der Waals surface area contributed by atoms with Gasteiger partial charge in [0, 0.05) is 18.7 Å². The van der Waals surface area contributed by atoms with Gasteiger partial charge in [0.1, 0.15) is 17.3 Å². The molecule has 29 heavy (non-hydrogen) atoms. The highest BCUT2D eigenvalue weighted by atomic mass is 16.5. The predicted octanol–water partition coefficient (Wildman–Crippen LogP) is 5.01. The van der Waals surface area contributed by atoms with Crippen molar-refractivity contribution in [2.45, 2.75) is 33.3 Å². The van der Waals surface area contributed by atoms with Crippen molar-refractivity contribution in [3.8, 4) is 33.9 Å². The number of nitrogens with one attached hydrogen (secondary N) is 1. The zero-order chi connectivity index (χ0) is 20.8. The highest BCUT2D eigenvalue weighted by Gasteiger charge is 2.11. The second-order valence-electron chi connectivity index (χ2n) is 7.34. The molecule has 0 fully saturated rings. The summed E-state index contributed by atoms with van der Waals surface area (Å²) in [5.74, 6) is 1.73. The van der Waals surface area contributed by atoms with Crippen molar-refractivity contribution in [2.75, 3.05) is 18.5 Å². The van der Waals surface area contributed by atoms with Gasteiger partial charge in [0.2, 0.25) is 0 Å². The number of hydrogen-bond acceptors (Lipinski definition) is 5. The molecule has 0 bridgehead atoms. The van der Waals surface area contributed by atoms with Crippen molar-refractivity contribution in [2.24, 2.45) is 0 Å². The van der Waals surface area contributed by atoms with Gasteiger partial charge in [-0.2, -0.15) is 0 Å². The number of anilines is 1. The fraction of sp³-hybridized carbons (Fsp3) is 0.292. The normalized spacial score (nSPS) is 10.9. The summed E-state index contributed by atoms with van der Waals surface area (Å²) in [5, 5.41) is 22.7. The smallest absolute Gasteiger partial charge is 0.127 e. The molecule has 5 nitrogen and oxygen atoms in total.